The third kappa shape index (κ3) is 4.91. The predicted molar refractivity (Wildman–Crippen MR) is 92.9 cm³/mol. The first-order valence-corrected chi connectivity index (χ1v) is 9.69. The Morgan fingerprint density at radius 3 is 2.42 bits per heavy atom. The number of amides is 1. The number of ether oxygens (including phenoxy) is 1. The molecule has 138 valence electrons. The molecular formula is C18H33N3O3. The Kier molecular flexibility index (Phi) is 6.89. The van der Waals surface area contributed by atoms with Crippen LogP contribution in [0.4, 0.5) is 0 Å². The molecule has 0 saturated carbocycles. The number of piperazine rings is 1. The van der Waals surface area contributed by atoms with Crippen LogP contribution in [-0.2, 0) is 9.53 Å². The summed E-state index contributed by atoms with van der Waals surface area (Å²) in [6.45, 7) is 8.81. The molecule has 3 aliphatic rings. The van der Waals surface area contributed by atoms with Crippen molar-refractivity contribution in [1.82, 2.24) is 14.7 Å². The highest BCUT2D eigenvalue weighted by Crippen LogP contribution is 2.22. The number of aliphatic hydroxyl groups excluding tert-OH is 1. The minimum atomic E-state index is 0.256. The lowest BCUT2D eigenvalue weighted by Crippen LogP contribution is -2.54. The molecule has 3 heterocycles. The Hall–Kier alpha value is -0.690. The maximum Gasteiger partial charge on any atom is 0.222 e. The average molecular weight is 339 g/mol. The summed E-state index contributed by atoms with van der Waals surface area (Å²) in [4.78, 5) is 19.5. The quantitative estimate of drug-likeness (QED) is 0.786. The van der Waals surface area contributed by atoms with Gasteiger partial charge in [-0.1, -0.05) is 0 Å². The van der Waals surface area contributed by atoms with E-state index in [-0.39, 0.29) is 6.61 Å². The number of rotatable bonds is 5. The van der Waals surface area contributed by atoms with Crippen LogP contribution < -0.4 is 0 Å². The molecule has 0 aromatic heterocycles. The van der Waals surface area contributed by atoms with Crippen molar-refractivity contribution in [3.8, 4) is 0 Å². The Morgan fingerprint density at radius 2 is 1.79 bits per heavy atom. The van der Waals surface area contributed by atoms with Crippen molar-refractivity contribution in [1.29, 1.82) is 0 Å². The van der Waals surface area contributed by atoms with Gasteiger partial charge in [0.25, 0.3) is 0 Å². The SMILES string of the molecule is O=C(CC1CCCOC1)N1CCC(N2CCN(CCO)CC2)CC1. The van der Waals surface area contributed by atoms with Crippen molar-refractivity contribution in [2.45, 2.75) is 38.1 Å². The van der Waals surface area contributed by atoms with Gasteiger partial charge in [0.15, 0.2) is 0 Å². The summed E-state index contributed by atoms with van der Waals surface area (Å²) in [5, 5.41) is 9.03. The number of carbonyl (C=O) groups excluding carboxylic acids is 1. The van der Waals surface area contributed by atoms with Crippen molar-refractivity contribution < 1.29 is 14.6 Å². The lowest BCUT2D eigenvalue weighted by Gasteiger charge is -2.43. The van der Waals surface area contributed by atoms with Crippen LogP contribution in [0.25, 0.3) is 0 Å². The number of β-amino-alcohol motifs (C(OH)–C–C–N with tert-alkyl or cyclic N) is 1. The molecule has 3 rings (SSSR count). The maximum absolute atomic E-state index is 12.5. The highest BCUT2D eigenvalue weighted by molar-refractivity contribution is 5.76. The van der Waals surface area contributed by atoms with Gasteiger partial charge in [0, 0.05) is 71.5 Å². The van der Waals surface area contributed by atoms with Gasteiger partial charge in [-0.25, -0.2) is 0 Å². The number of aliphatic hydroxyl groups is 1. The van der Waals surface area contributed by atoms with Crippen LogP contribution in [0.3, 0.4) is 0 Å². The van der Waals surface area contributed by atoms with Gasteiger partial charge in [-0.2, -0.15) is 0 Å². The topological polar surface area (TPSA) is 56.2 Å². The van der Waals surface area contributed by atoms with Crippen LogP contribution in [0.1, 0.15) is 32.1 Å². The fraction of sp³-hybridized carbons (Fsp3) is 0.944. The van der Waals surface area contributed by atoms with E-state index in [0.29, 0.717) is 24.3 Å². The first-order chi connectivity index (χ1) is 11.8. The highest BCUT2D eigenvalue weighted by Gasteiger charge is 2.29. The third-order valence-corrected chi connectivity index (χ3v) is 5.87. The summed E-state index contributed by atoms with van der Waals surface area (Å²) >= 11 is 0. The van der Waals surface area contributed by atoms with Crippen LogP contribution in [-0.4, -0.2) is 97.4 Å². The lowest BCUT2D eigenvalue weighted by atomic mass is 9.96. The van der Waals surface area contributed by atoms with Crippen LogP contribution in [0, 0.1) is 5.92 Å². The molecule has 3 aliphatic heterocycles. The van der Waals surface area contributed by atoms with E-state index in [4.69, 9.17) is 9.84 Å². The molecule has 0 spiro atoms. The average Bonchev–Trinajstić information content (AvgIpc) is 2.64. The normalized spacial score (nSPS) is 28.2. The van der Waals surface area contributed by atoms with E-state index in [1.807, 2.05) is 0 Å². The molecular weight excluding hydrogens is 306 g/mol. The van der Waals surface area contributed by atoms with Gasteiger partial charge in [0.2, 0.25) is 5.91 Å². The summed E-state index contributed by atoms with van der Waals surface area (Å²) < 4.78 is 5.50. The fourth-order valence-corrected chi connectivity index (χ4v) is 4.32. The Bertz CT molecular complexity index is 385. The largest absolute Gasteiger partial charge is 0.395 e. The Labute approximate surface area is 145 Å². The molecule has 0 radical (unpaired) electrons. The highest BCUT2D eigenvalue weighted by atomic mass is 16.5. The molecule has 1 amide bonds. The predicted octanol–water partition coefficient (Wildman–Crippen LogP) is 0.404. The van der Waals surface area contributed by atoms with Crippen molar-refractivity contribution >= 4 is 5.91 Å². The Balaban J connectivity index is 1.37. The summed E-state index contributed by atoms with van der Waals surface area (Å²) in [5.74, 6) is 0.764. The van der Waals surface area contributed by atoms with E-state index in [1.165, 1.54) is 0 Å². The second-order valence-electron chi connectivity index (χ2n) is 7.50. The summed E-state index contributed by atoms with van der Waals surface area (Å²) in [6.07, 6.45) is 5.12. The molecule has 1 atom stereocenters. The summed E-state index contributed by atoms with van der Waals surface area (Å²) in [7, 11) is 0. The summed E-state index contributed by atoms with van der Waals surface area (Å²) in [6, 6.07) is 0.628. The van der Waals surface area contributed by atoms with Gasteiger partial charge in [-0.3, -0.25) is 14.6 Å². The lowest BCUT2D eigenvalue weighted by molar-refractivity contribution is -0.135. The van der Waals surface area contributed by atoms with Crippen molar-refractivity contribution in [3.05, 3.63) is 0 Å². The minimum absolute atomic E-state index is 0.256. The van der Waals surface area contributed by atoms with Gasteiger partial charge in [-0.15, -0.1) is 0 Å². The van der Waals surface area contributed by atoms with Crippen LogP contribution in [0.15, 0.2) is 0 Å². The molecule has 0 aliphatic carbocycles. The van der Waals surface area contributed by atoms with E-state index in [2.05, 4.69) is 14.7 Å². The molecule has 0 bridgehead atoms. The zero-order valence-electron chi connectivity index (χ0n) is 14.9. The van der Waals surface area contributed by atoms with E-state index < -0.39 is 0 Å². The third-order valence-electron chi connectivity index (χ3n) is 5.87. The second kappa shape index (κ2) is 9.13. The van der Waals surface area contributed by atoms with Gasteiger partial charge in [-0.05, 0) is 31.6 Å². The van der Waals surface area contributed by atoms with E-state index >= 15 is 0 Å². The van der Waals surface area contributed by atoms with Crippen LogP contribution in [0.5, 0.6) is 0 Å². The molecule has 3 fully saturated rings. The molecule has 1 unspecified atom stereocenters. The van der Waals surface area contributed by atoms with Gasteiger partial charge in [0.1, 0.15) is 0 Å². The van der Waals surface area contributed by atoms with Crippen LogP contribution in [0.2, 0.25) is 0 Å². The molecule has 6 nitrogen and oxygen atoms in total. The monoisotopic (exact) mass is 339 g/mol. The smallest absolute Gasteiger partial charge is 0.222 e. The van der Waals surface area contributed by atoms with Crippen molar-refractivity contribution in [2.24, 2.45) is 5.92 Å². The number of hydrogen-bond acceptors (Lipinski definition) is 5. The number of carbonyl (C=O) groups is 1. The first kappa shape index (κ1) is 18.1. The number of piperidine rings is 1. The van der Waals surface area contributed by atoms with E-state index in [9.17, 15) is 4.79 Å². The van der Waals surface area contributed by atoms with Gasteiger partial charge in [0.05, 0.1) is 6.61 Å². The number of hydrogen-bond donors (Lipinski definition) is 1. The standard InChI is InChI=1S/C18H33N3O3/c22-12-11-19-7-9-20(10-8-19)17-3-5-21(6-4-17)18(23)14-16-2-1-13-24-15-16/h16-17,22H,1-15H2. The van der Waals surface area contributed by atoms with Crippen LogP contribution >= 0.6 is 0 Å². The van der Waals surface area contributed by atoms with E-state index in [1.54, 1.807) is 0 Å². The molecule has 1 N–H and O–H groups in total. The zero-order chi connectivity index (χ0) is 16.8. The Morgan fingerprint density at radius 1 is 1.04 bits per heavy atom. The molecule has 0 aromatic carbocycles. The fourth-order valence-electron chi connectivity index (χ4n) is 4.32. The van der Waals surface area contributed by atoms with Gasteiger partial charge < -0.3 is 14.7 Å². The number of likely N-dealkylation sites (tertiary alicyclic amines) is 1. The zero-order valence-corrected chi connectivity index (χ0v) is 14.9. The van der Waals surface area contributed by atoms with E-state index in [0.717, 1.165) is 84.7 Å². The molecule has 0 aromatic rings. The molecule has 3 saturated heterocycles. The number of nitrogens with zero attached hydrogens (tertiary/aromatic N) is 3. The molecule has 6 heteroatoms. The van der Waals surface area contributed by atoms with Crippen molar-refractivity contribution in [2.75, 3.05) is 65.6 Å². The van der Waals surface area contributed by atoms with Gasteiger partial charge >= 0.3 is 0 Å². The molecule has 24 heavy (non-hydrogen) atoms. The maximum atomic E-state index is 12.5. The summed E-state index contributed by atoms with van der Waals surface area (Å²) in [5.41, 5.74) is 0. The van der Waals surface area contributed by atoms with Crippen molar-refractivity contribution in [3.63, 3.8) is 0 Å². The minimum Gasteiger partial charge on any atom is -0.395 e. The second-order valence-corrected chi connectivity index (χ2v) is 7.50. The first-order valence-electron chi connectivity index (χ1n) is 9.69.